The minimum Gasteiger partial charge on any atom is -0.396 e. The van der Waals surface area contributed by atoms with Crippen molar-refractivity contribution >= 4 is 15.9 Å². The first-order valence-electron chi connectivity index (χ1n) is 2.80. The number of nitrogens with zero attached hydrogens (tertiary/aromatic N) is 2. The van der Waals surface area contributed by atoms with Crippen LogP contribution in [0.2, 0.25) is 0 Å². The maximum Gasteiger partial charge on any atom is 0.320 e. The smallest absolute Gasteiger partial charge is 0.320 e. The lowest BCUT2D eigenvalue weighted by molar-refractivity contribution is 0.571. The van der Waals surface area contributed by atoms with Crippen molar-refractivity contribution in [2.24, 2.45) is 0 Å². The fourth-order valence-corrected chi connectivity index (χ4v) is 1.16. The fourth-order valence-electron chi connectivity index (χ4n) is 0.543. The SMILES string of the molecule is CNS(=O)(=O)n1cc(N)cn1. The summed E-state index contributed by atoms with van der Waals surface area (Å²) < 4.78 is 24.8. The number of anilines is 1. The molecule has 0 saturated heterocycles. The van der Waals surface area contributed by atoms with Gasteiger partial charge in [0.2, 0.25) is 0 Å². The van der Waals surface area contributed by atoms with Gasteiger partial charge in [0.05, 0.1) is 18.1 Å². The number of hydrogen-bond acceptors (Lipinski definition) is 4. The van der Waals surface area contributed by atoms with Crippen LogP contribution in [0.15, 0.2) is 12.4 Å². The van der Waals surface area contributed by atoms with E-state index in [1.165, 1.54) is 19.4 Å². The van der Waals surface area contributed by atoms with Crippen LogP contribution in [0.1, 0.15) is 0 Å². The lowest BCUT2D eigenvalue weighted by Gasteiger charge is -1.98. The first-order chi connectivity index (χ1) is 5.06. The van der Waals surface area contributed by atoms with Gasteiger partial charge in [0.15, 0.2) is 0 Å². The molecular weight excluding hydrogens is 168 g/mol. The predicted molar refractivity (Wildman–Crippen MR) is 40.0 cm³/mol. The molecular formula is C4H8N4O2S. The molecule has 0 aliphatic rings. The summed E-state index contributed by atoms with van der Waals surface area (Å²) in [7, 11) is -2.20. The number of hydrogen-bond donors (Lipinski definition) is 2. The van der Waals surface area contributed by atoms with Crippen LogP contribution in [-0.2, 0) is 10.2 Å². The van der Waals surface area contributed by atoms with E-state index in [1.807, 2.05) is 0 Å². The van der Waals surface area contributed by atoms with Crippen LogP contribution in [0, 0.1) is 0 Å². The summed E-state index contributed by atoms with van der Waals surface area (Å²) in [5.74, 6) is 0. The molecule has 0 saturated carbocycles. The average Bonchev–Trinajstić information content (AvgIpc) is 2.36. The van der Waals surface area contributed by atoms with Gasteiger partial charge in [-0.3, -0.25) is 0 Å². The second kappa shape index (κ2) is 2.51. The molecule has 0 aliphatic heterocycles. The van der Waals surface area contributed by atoms with E-state index in [0.717, 1.165) is 4.09 Å². The molecule has 1 aromatic heterocycles. The van der Waals surface area contributed by atoms with E-state index in [2.05, 4.69) is 9.82 Å². The largest absolute Gasteiger partial charge is 0.396 e. The lowest BCUT2D eigenvalue weighted by Crippen LogP contribution is -2.26. The Hall–Kier alpha value is -1.08. The Morgan fingerprint density at radius 2 is 2.36 bits per heavy atom. The molecule has 11 heavy (non-hydrogen) atoms. The highest BCUT2D eigenvalue weighted by molar-refractivity contribution is 7.87. The minimum absolute atomic E-state index is 0.309. The Bertz CT molecular complexity index is 341. The number of nitrogens with two attached hydrogens (primary N) is 1. The molecule has 0 atom stereocenters. The van der Waals surface area contributed by atoms with Crippen molar-refractivity contribution in [3.8, 4) is 0 Å². The summed E-state index contributed by atoms with van der Waals surface area (Å²) >= 11 is 0. The van der Waals surface area contributed by atoms with E-state index in [-0.39, 0.29) is 0 Å². The average molecular weight is 176 g/mol. The maximum absolute atomic E-state index is 10.9. The summed E-state index contributed by atoms with van der Waals surface area (Å²) in [6.07, 6.45) is 2.47. The fraction of sp³-hybridized carbons (Fsp3) is 0.250. The van der Waals surface area contributed by atoms with Gasteiger partial charge in [0.25, 0.3) is 0 Å². The number of rotatable bonds is 2. The molecule has 0 fully saturated rings. The molecule has 0 unspecified atom stereocenters. The van der Waals surface area contributed by atoms with Gasteiger partial charge in [-0.2, -0.15) is 22.3 Å². The molecule has 0 aliphatic carbocycles. The van der Waals surface area contributed by atoms with Crippen LogP contribution < -0.4 is 10.5 Å². The molecule has 0 radical (unpaired) electrons. The molecule has 1 heterocycles. The minimum atomic E-state index is -3.50. The van der Waals surface area contributed by atoms with E-state index in [0.29, 0.717) is 5.69 Å². The summed E-state index contributed by atoms with van der Waals surface area (Å²) in [6, 6.07) is 0. The monoisotopic (exact) mass is 176 g/mol. The third-order valence-corrected chi connectivity index (χ3v) is 2.29. The Balaban J connectivity index is 3.13. The first-order valence-corrected chi connectivity index (χ1v) is 4.24. The Morgan fingerprint density at radius 1 is 1.73 bits per heavy atom. The molecule has 6 nitrogen and oxygen atoms in total. The first kappa shape index (κ1) is 8.02. The zero-order valence-electron chi connectivity index (χ0n) is 5.85. The van der Waals surface area contributed by atoms with E-state index in [4.69, 9.17) is 5.73 Å². The molecule has 0 spiro atoms. The van der Waals surface area contributed by atoms with Gasteiger partial charge in [-0.05, 0) is 0 Å². The lowest BCUT2D eigenvalue weighted by atomic mass is 10.6. The molecule has 62 valence electrons. The van der Waals surface area contributed by atoms with Crippen LogP contribution >= 0.6 is 0 Å². The van der Waals surface area contributed by atoms with Gasteiger partial charge in [-0.15, -0.1) is 0 Å². The van der Waals surface area contributed by atoms with Crippen molar-refractivity contribution in [1.82, 2.24) is 13.9 Å². The molecule has 7 heteroatoms. The van der Waals surface area contributed by atoms with Crippen molar-refractivity contribution in [3.05, 3.63) is 12.4 Å². The molecule has 1 rings (SSSR count). The summed E-state index contributed by atoms with van der Waals surface area (Å²) in [5, 5.41) is 3.50. The highest BCUT2D eigenvalue weighted by atomic mass is 32.2. The quantitative estimate of drug-likeness (QED) is 0.590. The van der Waals surface area contributed by atoms with Crippen LogP contribution in [0.3, 0.4) is 0 Å². The van der Waals surface area contributed by atoms with Gasteiger partial charge < -0.3 is 5.73 Å². The molecule has 3 N–H and O–H groups in total. The topological polar surface area (TPSA) is 90.0 Å². The summed E-state index contributed by atoms with van der Waals surface area (Å²) in [6.45, 7) is 0. The van der Waals surface area contributed by atoms with Crippen molar-refractivity contribution in [2.45, 2.75) is 0 Å². The van der Waals surface area contributed by atoms with Crippen molar-refractivity contribution in [1.29, 1.82) is 0 Å². The highest BCUT2D eigenvalue weighted by Gasteiger charge is 2.09. The van der Waals surface area contributed by atoms with Crippen LogP contribution in [-0.4, -0.2) is 24.7 Å². The summed E-state index contributed by atoms with van der Waals surface area (Å²) in [5.41, 5.74) is 5.56. The number of nitrogen functional groups attached to an aromatic ring is 1. The van der Waals surface area contributed by atoms with Gasteiger partial charge in [-0.25, -0.2) is 0 Å². The predicted octanol–water partition coefficient (Wildman–Crippen LogP) is -1.22. The normalized spacial score (nSPS) is 11.7. The van der Waals surface area contributed by atoms with Gasteiger partial charge >= 0.3 is 10.2 Å². The van der Waals surface area contributed by atoms with Crippen molar-refractivity contribution in [3.63, 3.8) is 0 Å². The van der Waals surface area contributed by atoms with E-state index >= 15 is 0 Å². The molecule has 0 amide bonds. The second-order valence-corrected chi connectivity index (χ2v) is 3.59. The Labute approximate surface area is 64.2 Å². The zero-order chi connectivity index (χ0) is 8.48. The number of nitrogens with one attached hydrogen (secondary N) is 1. The third kappa shape index (κ3) is 1.49. The second-order valence-electron chi connectivity index (χ2n) is 1.86. The number of aromatic nitrogens is 2. The Morgan fingerprint density at radius 3 is 2.73 bits per heavy atom. The van der Waals surface area contributed by atoms with E-state index in [9.17, 15) is 8.42 Å². The Kier molecular flexibility index (Phi) is 1.83. The van der Waals surface area contributed by atoms with Gasteiger partial charge in [-0.1, -0.05) is 0 Å². The van der Waals surface area contributed by atoms with Crippen LogP contribution in [0.25, 0.3) is 0 Å². The van der Waals surface area contributed by atoms with Gasteiger partial charge in [0, 0.05) is 7.05 Å². The molecule has 0 bridgehead atoms. The van der Waals surface area contributed by atoms with Crippen molar-refractivity contribution < 1.29 is 8.42 Å². The van der Waals surface area contributed by atoms with Gasteiger partial charge in [0.1, 0.15) is 0 Å². The van der Waals surface area contributed by atoms with Crippen LogP contribution in [0.4, 0.5) is 5.69 Å². The van der Waals surface area contributed by atoms with Crippen LogP contribution in [0.5, 0.6) is 0 Å². The highest BCUT2D eigenvalue weighted by Crippen LogP contribution is 1.99. The molecule has 1 aromatic rings. The molecule has 0 aromatic carbocycles. The summed E-state index contributed by atoms with van der Waals surface area (Å²) in [4.78, 5) is 0. The van der Waals surface area contributed by atoms with E-state index in [1.54, 1.807) is 0 Å². The standard InChI is InChI=1S/C4H8N4O2S/c1-6-11(9,10)8-3-4(5)2-7-8/h2-3,6H,5H2,1H3. The van der Waals surface area contributed by atoms with E-state index < -0.39 is 10.2 Å². The third-order valence-electron chi connectivity index (χ3n) is 1.08. The maximum atomic E-state index is 10.9. The van der Waals surface area contributed by atoms with Crippen molar-refractivity contribution in [2.75, 3.05) is 12.8 Å². The zero-order valence-corrected chi connectivity index (χ0v) is 6.67.